The number of piperazine rings is 1. The molecular formula is C12H19N5O3. The van der Waals surface area contributed by atoms with E-state index in [1.54, 1.807) is 6.20 Å². The van der Waals surface area contributed by atoms with Gasteiger partial charge in [0, 0.05) is 44.5 Å². The molecule has 1 saturated heterocycles. The molecule has 2 heterocycles. The molecule has 110 valence electrons. The SMILES string of the molecule is O=C(CN1CCNCC1)N[C@@H](Cc1cnc[nH]1)C(=O)O. The van der Waals surface area contributed by atoms with Crippen molar-refractivity contribution in [3.63, 3.8) is 0 Å². The summed E-state index contributed by atoms with van der Waals surface area (Å²) >= 11 is 0. The lowest BCUT2D eigenvalue weighted by Crippen LogP contribution is -2.50. The summed E-state index contributed by atoms with van der Waals surface area (Å²) < 4.78 is 0. The number of rotatable bonds is 6. The van der Waals surface area contributed by atoms with Gasteiger partial charge in [0.25, 0.3) is 0 Å². The molecule has 0 radical (unpaired) electrons. The van der Waals surface area contributed by atoms with Crippen molar-refractivity contribution < 1.29 is 14.7 Å². The molecule has 8 nitrogen and oxygen atoms in total. The zero-order chi connectivity index (χ0) is 14.4. The standard InChI is InChI=1S/C12H19N5O3/c18-11(7-17-3-1-13-2-4-17)16-10(12(19)20)5-9-6-14-8-15-9/h6,8,10,13H,1-5,7H2,(H,14,15)(H,16,18)(H,19,20)/t10-/m0/s1. The van der Waals surface area contributed by atoms with Crippen LogP contribution in [0.25, 0.3) is 0 Å². The van der Waals surface area contributed by atoms with E-state index in [0.29, 0.717) is 5.69 Å². The number of amides is 1. The molecule has 0 aliphatic carbocycles. The van der Waals surface area contributed by atoms with Crippen molar-refractivity contribution in [2.24, 2.45) is 0 Å². The van der Waals surface area contributed by atoms with E-state index in [0.717, 1.165) is 26.2 Å². The van der Waals surface area contributed by atoms with E-state index in [4.69, 9.17) is 5.11 Å². The average Bonchev–Trinajstić information content (AvgIpc) is 2.92. The molecule has 0 unspecified atom stereocenters. The number of nitrogens with one attached hydrogen (secondary N) is 3. The quantitative estimate of drug-likeness (QED) is 0.501. The van der Waals surface area contributed by atoms with Gasteiger partial charge in [-0.3, -0.25) is 9.69 Å². The van der Waals surface area contributed by atoms with Gasteiger partial charge in [-0.25, -0.2) is 9.78 Å². The summed E-state index contributed by atoms with van der Waals surface area (Å²) in [6.45, 7) is 3.53. The number of carboxylic acid groups (broad SMARTS) is 1. The van der Waals surface area contributed by atoms with Crippen molar-refractivity contribution >= 4 is 11.9 Å². The third kappa shape index (κ3) is 4.32. The van der Waals surface area contributed by atoms with Gasteiger partial charge in [0.2, 0.25) is 5.91 Å². The van der Waals surface area contributed by atoms with E-state index in [9.17, 15) is 9.59 Å². The molecule has 1 aliphatic heterocycles. The number of aliphatic carboxylic acids is 1. The summed E-state index contributed by atoms with van der Waals surface area (Å²) in [4.78, 5) is 31.7. The highest BCUT2D eigenvalue weighted by Gasteiger charge is 2.22. The number of aromatic nitrogens is 2. The van der Waals surface area contributed by atoms with Crippen LogP contribution in [0.5, 0.6) is 0 Å². The van der Waals surface area contributed by atoms with Crippen LogP contribution in [0.15, 0.2) is 12.5 Å². The van der Waals surface area contributed by atoms with Gasteiger partial charge in [0.05, 0.1) is 12.9 Å². The Morgan fingerprint density at radius 2 is 2.20 bits per heavy atom. The smallest absolute Gasteiger partial charge is 0.326 e. The van der Waals surface area contributed by atoms with E-state index in [-0.39, 0.29) is 18.9 Å². The fraction of sp³-hybridized carbons (Fsp3) is 0.583. The third-order valence-corrected chi connectivity index (χ3v) is 3.19. The zero-order valence-electron chi connectivity index (χ0n) is 11.1. The Balaban J connectivity index is 1.83. The van der Waals surface area contributed by atoms with Crippen LogP contribution in [-0.2, 0) is 16.0 Å². The number of nitrogens with zero attached hydrogens (tertiary/aromatic N) is 2. The van der Waals surface area contributed by atoms with Gasteiger partial charge in [0.15, 0.2) is 0 Å². The Morgan fingerprint density at radius 1 is 1.45 bits per heavy atom. The predicted octanol–water partition coefficient (Wildman–Crippen LogP) is -1.57. The van der Waals surface area contributed by atoms with Gasteiger partial charge in [0.1, 0.15) is 6.04 Å². The highest BCUT2D eigenvalue weighted by atomic mass is 16.4. The molecule has 1 aromatic heterocycles. The molecule has 1 fully saturated rings. The summed E-state index contributed by atoms with van der Waals surface area (Å²) in [5.41, 5.74) is 0.680. The van der Waals surface area contributed by atoms with Gasteiger partial charge in [-0.2, -0.15) is 0 Å². The second-order valence-electron chi connectivity index (χ2n) is 4.77. The fourth-order valence-electron chi connectivity index (χ4n) is 2.13. The number of H-pyrrole nitrogens is 1. The van der Waals surface area contributed by atoms with Gasteiger partial charge in [-0.05, 0) is 0 Å². The number of imidazole rings is 1. The molecule has 0 bridgehead atoms. The Kier molecular flexibility index (Phi) is 5.08. The first-order valence-corrected chi connectivity index (χ1v) is 6.57. The van der Waals surface area contributed by atoms with Crippen LogP contribution in [0.3, 0.4) is 0 Å². The molecule has 0 aromatic carbocycles. The van der Waals surface area contributed by atoms with Crippen LogP contribution in [0.2, 0.25) is 0 Å². The maximum absolute atomic E-state index is 11.9. The number of carboxylic acids is 1. The lowest BCUT2D eigenvalue weighted by molar-refractivity contribution is -0.142. The van der Waals surface area contributed by atoms with E-state index in [2.05, 4.69) is 20.6 Å². The first-order chi connectivity index (χ1) is 9.65. The van der Waals surface area contributed by atoms with Crippen LogP contribution in [0, 0.1) is 0 Å². The zero-order valence-corrected chi connectivity index (χ0v) is 11.1. The third-order valence-electron chi connectivity index (χ3n) is 3.19. The molecule has 0 saturated carbocycles. The molecule has 8 heteroatoms. The highest BCUT2D eigenvalue weighted by molar-refractivity contribution is 5.84. The Labute approximate surface area is 116 Å². The largest absolute Gasteiger partial charge is 0.480 e. The normalized spacial score (nSPS) is 17.6. The van der Waals surface area contributed by atoms with Crippen molar-refractivity contribution in [1.29, 1.82) is 0 Å². The summed E-state index contributed by atoms with van der Waals surface area (Å²) in [5, 5.41) is 14.9. The molecule has 1 aliphatic rings. The molecule has 2 rings (SSSR count). The van der Waals surface area contributed by atoms with Gasteiger partial charge >= 0.3 is 5.97 Å². The summed E-state index contributed by atoms with van der Waals surface area (Å²) in [6, 6.07) is -0.939. The van der Waals surface area contributed by atoms with E-state index in [1.165, 1.54) is 6.33 Å². The molecule has 1 atom stereocenters. The summed E-state index contributed by atoms with van der Waals surface area (Å²) in [7, 11) is 0. The lowest BCUT2D eigenvalue weighted by Gasteiger charge is -2.27. The van der Waals surface area contributed by atoms with Gasteiger partial charge in [-0.1, -0.05) is 0 Å². The van der Waals surface area contributed by atoms with Crippen molar-refractivity contribution in [3.05, 3.63) is 18.2 Å². The van der Waals surface area contributed by atoms with Crippen molar-refractivity contribution in [3.8, 4) is 0 Å². The summed E-state index contributed by atoms with van der Waals surface area (Å²) in [5.74, 6) is -1.31. The van der Waals surface area contributed by atoms with Gasteiger partial charge < -0.3 is 20.7 Å². The number of carbonyl (C=O) groups is 2. The molecular weight excluding hydrogens is 262 g/mol. The van der Waals surface area contributed by atoms with Crippen LogP contribution in [0.1, 0.15) is 5.69 Å². The van der Waals surface area contributed by atoms with Crippen LogP contribution in [-0.4, -0.2) is 70.6 Å². The molecule has 1 aromatic rings. The Morgan fingerprint density at radius 3 is 2.80 bits per heavy atom. The van der Waals surface area contributed by atoms with Crippen molar-refractivity contribution in [2.45, 2.75) is 12.5 Å². The molecule has 4 N–H and O–H groups in total. The van der Waals surface area contributed by atoms with Crippen molar-refractivity contribution in [1.82, 2.24) is 25.5 Å². The second-order valence-corrected chi connectivity index (χ2v) is 4.77. The average molecular weight is 281 g/mol. The monoisotopic (exact) mass is 281 g/mol. The number of carbonyl (C=O) groups excluding carboxylic acids is 1. The van der Waals surface area contributed by atoms with Crippen LogP contribution >= 0.6 is 0 Å². The number of aromatic amines is 1. The Bertz CT molecular complexity index is 442. The summed E-state index contributed by atoms with van der Waals surface area (Å²) in [6.07, 6.45) is 3.23. The van der Waals surface area contributed by atoms with E-state index < -0.39 is 12.0 Å². The van der Waals surface area contributed by atoms with Crippen molar-refractivity contribution in [2.75, 3.05) is 32.7 Å². The van der Waals surface area contributed by atoms with E-state index in [1.807, 2.05) is 4.90 Å². The maximum atomic E-state index is 11.9. The number of hydrogen-bond acceptors (Lipinski definition) is 5. The Hall–Kier alpha value is -1.93. The first-order valence-electron chi connectivity index (χ1n) is 6.57. The second kappa shape index (κ2) is 7.01. The van der Waals surface area contributed by atoms with Gasteiger partial charge in [-0.15, -0.1) is 0 Å². The van der Waals surface area contributed by atoms with E-state index >= 15 is 0 Å². The maximum Gasteiger partial charge on any atom is 0.326 e. The minimum atomic E-state index is -1.05. The predicted molar refractivity (Wildman–Crippen MR) is 71.2 cm³/mol. The lowest BCUT2D eigenvalue weighted by atomic mass is 10.1. The first kappa shape index (κ1) is 14.5. The number of hydrogen-bond donors (Lipinski definition) is 4. The molecule has 1 amide bonds. The molecule has 0 spiro atoms. The fourth-order valence-corrected chi connectivity index (χ4v) is 2.13. The highest BCUT2D eigenvalue weighted by Crippen LogP contribution is 1.99. The van der Waals surface area contributed by atoms with Crippen LogP contribution in [0.4, 0.5) is 0 Å². The minimum Gasteiger partial charge on any atom is -0.480 e. The minimum absolute atomic E-state index is 0.197. The topological polar surface area (TPSA) is 110 Å². The van der Waals surface area contributed by atoms with Crippen LogP contribution < -0.4 is 10.6 Å². The molecule has 20 heavy (non-hydrogen) atoms.